The molecule has 2 aromatic carbocycles. The maximum Gasteiger partial charge on any atom is 0.335 e. The van der Waals surface area contributed by atoms with E-state index in [1.54, 1.807) is 14.0 Å². The molecule has 0 fully saturated rings. The highest BCUT2D eigenvalue weighted by atomic mass is 16.6. The first-order chi connectivity index (χ1) is 16.1. The Bertz CT molecular complexity index is 892. The predicted octanol–water partition coefficient (Wildman–Crippen LogP) is 4.37. The van der Waals surface area contributed by atoms with Crippen molar-refractivity contribution in [3.05, 3.63) is 65.7 Å². The van der Waals surface area contributed by atoms with Crippen molar-refractivity contribution >= 4 is 11.5 Å². The number of carbonyl (C=O) groups excluding carboxylic acids is 1. The Morgan fingerprint density at radius 1 is 1.00 bits per heavy atom. The molecular formula is C27H35NO5. The molecule has 0 bridgehead atoms. The molecule has 0 saturated heterocycles. The molecule has 6 heteroatoms. The van der Waals surface area contributed by atoms with Crippen molar-refractivity contribution in [2.75, 3.05) is 46.6 Å². The standard InChI is InChI=1S/C27H35NO5/c1-4-31-26(27(29)32-5-2)20-21-6-10-25(11-7-21)33-19-18-28-16-14-23(15-17-28)22-8-12-24(30-3)13-9-22/h6-14,26H,4-5,15-20H2,1-3H3. The van der Waals surface area contributed by atoms with Crippen LogP contribution in [0, 0.1) is 0 Å². The first-order valence-corrected chi connectivity index (χ1v) is 11.7. The number of hydrogen-bond acceptors (Lipinski definition) is 6. The Balaban J connectivity index is 1.42. The molecule has 0 aromatic heterocycles. The second-order valence-corrected chi connectivity index (χ2v) is 7.90. The molecule has 0 radical (unpaired) electrons. The highest BCUT2D eigenvalue weighted by Crippen LogP contribution is 2.24. The second kappa shape index (κ2) is 13.0. The molecule has 33 heavy (non-hydrogen) atoms. The van der Waals surface area contributed by atoms with Gasteiger partial charge in [-0.05, 0) is 61.2 Å². The highest BCUT2D eigenvalue weighted by molar-refractivity contribution is 5.75. The van der Waals surface area contributed by atoms with Gasteiger partial charge in [0.15, 0.2) is 6.10 Å². The molecule has 0 saturated carbocycles. The van der Waals surface area contributed by atoms with E-state index in [1.165, 1.54) is 11.1 Å². The SMILES string of the molecule is CCOC(=O)C(Cc1ccc(OCCN2CC=C(c3ccc(OC)cc3)CC2)cc1)OCC. The first kappa shape index (κ1) is 24.8. The largest absolute Gasteiger partial charge is 0.497 e. The van der Waals surface area contributed by atoms with Crippen LogP contribution in [0.5, 0.6) is 11.5 Å². The molecule has 178 valence electrons. The molecule has 0 amide bonds. The zero-order valence-electron chi connectivity index (χ0n) is 19.9. The maximum atomic E-state index is 12.0. The van der Waals surface area contributed by atoms with Gasteiger partial charge in [-0.25, -0.2) is 4.79 Å². The highest BCUT2D eigenvalue weighted by Gasteiger charge is 2.20. The molecule has 0 N–H and O–H groups in total. The topological polar surface area (TPSA) is 57.2 Å². The minimum Gasteiger partial charge on any atom is -0.497 e. The Morgan fingerprint density at radius 2 is 1.73 bits per heavy atom. The van der Waals surface area contributed by atoms with Gasteiger partial charge in [0.25, 0.3) is 0 Å². The van der Waals surface area contributed by atoms with E-state index in [1.807, 2.05) is 43.3 Å². The zero-order chi connectivity index (χ0) is 23.5. The fourth-order valence-corrected chi connectivity index (χ4v) is 3.86. The number of esters is 1. The summed E-state index contributed by atoms with van der Waals surface area (Å²) in [6, 6.07) is 16.1. The number of hydrogen-bond donors (Lipinski definition) is 0. The van der Waals surface area contributed by atoms with Crippen LogP contribution in [-0.2, 0) is 20.7 Å². The third-order valence-electron chi connectivity index (χ3n) is 5.69. The van der Waals surface area contributed by atoms with E-state index in [2.05, 4.69) is 23.1 Å². The fourth-order valence-electron chi connectivity index (χ4n) is 3.86. The third-order valence-corrected chi connectivity index (χ3v) is 5.69. The molecule has 0 spiro atoms. The summed E-state index contributed by atoms with van der Waals surface area (Å²) in [6.45, 7) is 7.96. The summed E-state index contributed by atoms with van der Waals surface area (Å²) < 4.78 is 21.8. The van der Waals surface area contributed by atoms with E-state index in [4.69, 9.17) is 18.9 Å². The van der Waals surface area contributed by atoms with Crippen molar-refractivity contribution in [2.24, 2.45) is 0 Å². The zero-order valence-corrected chi connectivity index (χ0v) is 19.9. The molecule has 1 heterocycles. The second-order valence-electron chi connectivity index (χ2n) is 7.90. The average molecular weight is 454 g/mol. The van der Waals surface area contributed by atoms with E-state index in [9.17, 15) is 4.79 Å². The Kier molecular flexibility index (Phi) is 9.78. The summed E-state index contributed by atoms with van der Waals surface area (Å²) >= 11 is 0. The lowest BCUT2D eigenvalue weighted by Gasteiger charge is -2.26. The van der Waals surface area contributed by atoms with Crippen LogP contribution in [0.4, 0.5) is 0 Å². The van der Waals surface area contributed by atoms with Crippen molar-refractivity contribution in [3.8, 4) is 11.5 Å². The lowest BCUT2D eigenvalue weighted by Crippen LogP contribution is -2.32. The summed E-state index contributed by atoms with van der Waals surface area (Å²) in [5.74, 6) is 1.40. The molecule has 1 aliphatic heterocycles. The monoisotopic (exact) mass is 453 g/mol. The van der Waals surface area contributed by atoms with Crippen molar-refractivity contribution in [1.82, 2.24) is 4.90 Å². The first-order valence-electron chi connectivity index (χ1n) is 11.7. The van der Waals surface area contributed by atoms with Gasteiger partial charge in [0, 0.05) is 32.7 Å². The molecule has 6 nitrogen and oxygen atoms in total. The minimum absolute atomic E-state index is 0.314. The van der Waals surface area contributed by atoms with Gasteiger partial charge in [-0.3, -0.25) is 4.90 Å². The quantitative estimate of drug-likeness (QED) is 0.445. The summed E-state index contributed by atoms with van der Waals surface area (Å²) in [5.41, 5.74) is 3.67. The van der Waals surface area contributed by atoms with Crippen molar-refractivity contribution < 1.29 is 23.7 Å². The van der Waals surface area contributed by atoms with E-state index in [0.29, 0.717) is 26.2 Å². The molecule has 1 atom stereocenters. The van der Waals surface area contributed by atoms with Crippen molar-refractivity contribution in [1.29, 1.82) is 0 Å². The minimum atomic E-state index is -0.573. The van der Waals surface area contributed by atoms with Gasteiger partial charge in [-0.2, -0.15) is 0 Å². The molecule has 1 unspecified atom stereocenters. The van der Waals surface area contributed by atoms with Gasteiger partial charge in [0.05, 0.1) is 13.7 Å². The third kappa shape index (κ3) is 7.62. The summed E-state index contributed by atoms with van der Waals surface area (Å²) in [5, 5.41) is 0. The van der Waals surface area contributed by atoms with Gasteiger partial charge in [-0.1, -0.05) is 30.3 Å². The van der Waals surface area contributed by atoms with Crippen LogP contribution in [-0.4, -0.2) is 63.5 Å². The summed E-state index contributed by atoms with van der Waals surface area (Å²) in [4.78, 5) is 14.4. The fraction of sp³-hybridized carbons (Fsp3) is 0.444. The van der Waals surface area contributed by atoms with E-state index < -0.39 is 6.10 Å². The summed E-state index contributed by atoms with van der Waals surface area (Å²) in [6.07, 6.45) is 3.25. The van der Waals surface area contributed by atoms with Crippen LogP contribution in [0.1, 0.15) is 31.4 Å². The van der Waals surface area contributed by atoms with Gasteiger partial charge in [0.1, 0.15) is 18.1 Å². The van der Waals surface area contributed by atoms with Crippen molar-refractivity contribution in [3.63, 3.8) is 0 Å². The number of carbonyl (C=O) groups is 1. The van der Waals surface area contributed by atoms with Crippen LogP contribution in [0.2, 0.25) is 0 Å². The Morgan fingerprint density at radius 3 is 2.33 bits per heavy atom. The number of rotatable bonds is 12. The van der Waals surface area contributed by atoms with Crippen LogP contribution >= 0.6 is 0 Å². The lowest BCUT2D eigenvalue weighted by molar-refractivity contribution is -0.156. The van der Waals surface area contributed by atoms with Crippen molar-refractivity contribution in [2.45, 2.75) is 32.8 Å². The normalized spacial score (nSPS) is 14.9. The maximum absolute atomic E-state index is 12.0. The van der Waals surface area contributed by atoms with E-state index in [-0.39, 0.29) is 5.97 Å². The van der Waals surface area contributed by atoms with Crippen LogP contribution in [0.3, 0.4) is 0 Å². The molecular weight excluding hydrogens is 418 g/mol. The van der Waals surface area contributed by atoms with E-state index in [0.717, 1.165) is 43.1 Å². The average Bonchev–Trinajstić information content (AvgIpc) is 2.85. The predicted molar refractivity (Wildman–Crippen MR) is 130 cm³/mol. The van der Waals surface area contributed by atoms with Crippen LogP contribution < -0.4 is 9.47 Å². The van der Waals surface area contributed by atoms with Gasteiger partial charge in [0.2, 0.25) is 0 Å². The van der Waals surface area contributed by atoms with E-state index >= 15 is 0 Å². The molecule has 0 aliphatic carbocycles. The number of methoxy groups -OCH3 is 1. The number of nitrogens with zero attached hydrogens (tertiary/aromatic N) is 1. The Labute approximate surface area is 197 Å². The molecule has 2 aromatic rings. The Hall–Kier alpha value is -2.83. The van der Waals surface area contributed by atoms with Crippen LogP contribution in [0.15, 0.2) is 54.6 Å². The number of benzene rings is 2. The number of ether oxygens (including phenoxy) is 4. The van der Waals surface area contributed by atoms with Gasteiger partial charge in [-0.15, -0.1) is 0 Å². The lowest BCUT2D eigenvalue weighted by atomic mass is 9.99. The van der Waals surface area contributed by atoms with Gasteiger partial charge >= 0.3 is 5.97 Å². The summed E-state index contributed by atoms with van der Waals surface area (Å²) in [7, 11) is 1.69. The smallest absolute Gasteiger partial charge is 0.335 e. The molecule has 3 rings (SSSR count). The van der Waals surface area contributed by atoms with Gasteiger partial charge < -0.3 is 18.9 Å². The van der Waals surface area contributed by atoms with Crippen LogP contribution in [0.25, 0.3) is 5.57 Å². The molecule has 1 aliphatic rings.